The van der Waals surface area contributed by atoms with Gasteiger partial charge in [0.05, 0.1) is 0 Å². The molecule has 0 amide bonds. The molecule has 1 rings (SSSR count). The monoisotopic (exact) mass is 227 g/mol. The van der Waals surface area contributed by atoms with Crippen molar-refractivity contribution in [1.82, 2.24) is 5.32 Å². The number of nitrogens with one attached hydrogen (secondary N) is 1. The zero-order chi connectivity index (χ0) is 10.9. The number of aryl methyl sites for hydroxylation is 1. The highest BCUT2D eigenvalue weighted by molar-refractivity contribution is 7.11. The molecule has 3 heteroatoms. The Bertz CT molecular complexity index is 260. The fraction of sp³-hybridized carbons (Fsp3) is 0.667. The summed E-state index contributed by atoms with van der Waals surface area (Å²) in [5.41, 5.74) is 0. The van der Waals surface area contributed by atoms with Gasteiger partial charge in [-0.3, -0.25) is 0 Å². The second-order valence-corrected chi connectivity index (χ2v) is 4.85. The summed E-state index contributed by atoms with van der Waals surface area (Å²) >= 11 is 1.91. The maximum Gasteiger partial charge on any atom is 0.0462 e. The van der Waals surface area contributed by atoms with Crippen molar-refractivity contribution < 1.29 is 4.74 Å². The van der Waals surface area contributed by atoms with Crippen LogP contribution in [0.2, 0.25) is 0 Å². The van der Waals surface area contributed by atoms with Gasteiger partial charge in [0, 0.05) is 30.0 Å². The van der Waals surface area contributed by atoms with E-state index in [0.29, 0.717) is 0 Å². The molecule has 1 N–H and O–H groups in total. The average molecular weight is 227 g/mol. The van der Waals surface area contributed by atoms with Gasteiger partial charge in [-0.1, -0.05) is 6.92 Å². The molecule has 0 spiro atoms. The third-order valence-corrected chi connectivity index (χ3v) is 3.55. The first-order chi connectivity index (χ1) is 7.36. The summed E-state index contributed by atoms with van der Waals surface area (Å²) in [5.74, 6) is 0. The molecule has 0 aliphatic heterocycles. The molecule has 0 radical (unpaired) electrons. The fourth-order valence-electron chi connectivity index (χ4n) is 1.42. The Kier molecular flexibility index (Phi) is 6.64. The highest BCUT2D eigenvalue weighted by atomic mass is 32.1. The Hall–Kier alpha value is -0.380. The fourth-order valence-corrected chi connectivity index (χ4v) is 2.34. The van der Waals surface area contributed by atoms with Crippen LogP contribution in [-0.4, -0.2) is 20.3 Å². The van der Waals surface area contributed by atoms with Crippen LogP contribution in [-0.2, 0) is 17.7 Å². The Morgan fingerprint density at radius 2 is 2.07 bits per heavy atom. The lowest BCUT2D eigenvalue weighted by molar-refractivity contribution is 0.192. The van der Waals surface area contributed by atoms with Crippen LogP contribution in [0.15, 0.2) is 12.1 Å². The lowest BCUT2D eigenvalue weighted by Crippen LogP contribution is -2.14. The van der Waals surface area contributed by atoms with E-state index in [2.05, 4.69) is 24.4 Å². The first kappa shape index (κ1) is 12.7. The van der Waals surface area contributed by atoms with E-state index < -0.39 is 0 Å². The number of hydrogen-bond acceptors (Lipinski definition) is 3. The Labute approximate surface area is 96.7 Å². The molecule has 0 saturated heterocycles. The van der Waals surface area contributed by atoms with Crippen LogP contribution in [0.5, 0.6) is 0 Å². The SMILES string of the molecule is CCc1ccc(CNCCCCOC)s1. The summed E-state index contributed by atoms with van der Waals surface area (Å²) in [6, 6.07) is 4.46. The third-order valence-electron chi connectivity index (χ3n) is 2.32. The number of ether oxygens (including phenoxy) is 1. The summed E-state index contributed by atoms with van der Waals surface area (Å²) in [6.07, 6.45) is 3.49. The van der Waals surface area contributed by atoms with Gasteiger partial charge in [0.2, 0.25) is 0 Å². The molecular weight excluding hydrogens is 206 g/mol. The maximum atomic E-state index is 5.00. The second kappa shape index (κ2) is 7.85. The van der Waals surface area contributed by atoms with Gasteiger partial charge in [-0.25, -0.2) is 0 Å². The van der Waals surface area contributed by atoms with Crippen molar-refractivity contribution in [3.05, 3.63) is 21.9 Å². The van der Waals surface area contributed by atoms with Crippen molar-refractivity contribution in [3.8, 4) is 0 Å². The van der Waals surface area contributed by atoms with Crippen molar-refractivity contribution in [3.63, 3.8) is 0 Å². The second-order valence-electron chi connectivity index (χ2n) is 3.60. The van der Waals surface area contributed by atoms with Crippen LogP contribution in [0, 0.1) is 0 Å². The van der Waals surface area contributed by atoms with Crippen molar-refractivity contribution in [2.24, 2.45) is 0 Å². The molecule has 2 nitrogen and oxygen atoms in total. The molecular formula is C12H21NOS. The largest absolute Gasteiger partial charge is 0.385 e. The quantitative estimate of drug-likeness (QED) is 0.690. The van der Waals surface area contributed by atoms with E-state index in [9.17, 15) is 0 Å². The van der Waals surface area contributed by atoms with Gasteiger partial charge in [0.15, 0.2) is 0 Å². The van der Waals surface area contributed by atoms with E-state index in [1.165, 1.54) is 16.2 Å². The number of rotatable bonds is 8. The van der Waals surface area contributed by atoms with E-state index in [-0.39, 0.29) is 0 Å². The molecule has 0 bridgehead atoms. The standard InChI is InChI=1S/C12H21NOS/c1-3-11-6-7-12(15-11)10-13-8-4-5-9-14-2/h6-7,13H,3-5,8-10H2,1-2H3. The molecule has 0 aliphatic rings. The molecule has 0 atom stereocenters. The van der Waals surface area contributed by atoms with Gasteiger partial charge in [-0.15, -0.1) is 11.3 Å². The van der Waals surface area contributed by atoms with E-state index in [4.69, 9.17) is 4.74 Å². The number of hydrogen-bond donors (Lipinski definition) is 1. The highest BCUT2D eigenvalue weighted by Crippen LogP contribution is 2.16. The minimum absolute atomic E-state index is 0.876. The lowest BCUT2D eigenvalue weighted by atomic mass is 10.3. The zero-order valence-corrected chi connectivity index (χ0v) is 10.5. The van der Waals surface area contributed by atoms with Crippen molar-refractivity contribution in [1.29, 1.82) is 0 Å². The van der Waals surface area contributed by atoms with Gasteiger partial charge in [0.1, 0.15) is 0 Å². The van der Waals surface area contributed by atoms with E-state index >= 15 is 0 Å². The molecule has 0 fully saturated rings. The van der Waals surface area contributed by atoms with E-state index in [1.54, 1.807) is 7.11 Å². The molecule has 0 aliphatic carbocycles. The van der Waals surface area contributed by atoms with Gasteiger partial charge < -0.3 is 10.1 Å². The predicted molar refractivity (Wildman–Crippen MR) is 66.5 cm³/mol. The van der Waals surface area contributed by atoms with Crippen LogP contribution in [0.25, 0.3) is 0 Å². The Morgan fingerprint density at radius 3 is 2.73 bits per heavy atom. The van der Waals surface area contributed by atoms with Crippen LogP contribution in [0.3, 0.4) is 0 Å². The minimum atomic E-state index is 0.876. The van der Waals surface area contributed by atoms with Crippen LogP contribution in [0.4, 0.5) is 0 Å². The van der Waals surface area contributed by atoms with E-state index in [0.717, 1.165) is 32.5 Å². The number of methoxy groups -OCH3 is 1. The number of unbranched alkanes of at least 4 members (excludes halogenated alkanes) is 1. The van der Waals surface area contributed by atoms with Crippen LogP contribution < -0.4 is 5.32 Å². The molecule has 86 valence electrons. The summed E-state index contributed by atoms with van der Waals surface area (Å²) < 4.78 is 5.00. The average Bonchev–Trinajstić information content (AvgIpc) is 2.71. The molecule has 1 aromatic heterocycles. The lowest BCUT2D eigenvalue weighted by Gasteiger charge is -2.02. The van der Waals surface area contributed by atoms with Crippen molar-refractivity contribution >= 4 is 11.3 Å². The minimum Gasteiger partial charge on any atom is -0.385 e. The highest BCUT2D eigenvalue weighted by Gasteiger charge is 1.97. The normalized spacial score (nSPS) is 10.8. The summed E-state index contributed by atoms with van der Waals surface area (Å²) in [7, 11) is 1.76. The summed E-state index contributed by atoms with van der Waals surface area (Å²) in [6.45, 7) is 5.18. The van der Waals surface area contributed by atoms with Crippen LogP contribution in [0.1, 0.15) is 29.5 Å². The number of thiophene rings is 1. The Morgan fingerprint density at radius 1 is 1.27 bits per heavy atom. The molecule has 0 saturated carbocycles. The van der Waals surface area contributed by atoms with Gasteiger partial charge >= 0.3 is 0 Å². The zero-order valence-electron chi connectivity index (χ0n) is 9.71. The topological polar surface area (TPSA) is 21.3 Å². The van der Waals surface area contributed by atoms with Crippen molar-refractivity contribution in [2.75, 3.05) is 20.3 Å². The molecule has 1 heterocycles. The van der Waals surface area contributed by atoms with E-state index in [1.807, 2.05) is 11.3 Å². The first-order valence-corrected chi connectivity index (χ1v) is 6.45. The smallest absolute Gasteiger partial charge is 0.0462 e. The Balaban J connectivity index is 2.04. The maximum absolute atomic E-state index is 5.00. The van der Waals surface area contributed by atoms with Crippen molar-refractivity contribution in [2.45, 2.75) is 32.7 Å². The van der Waals surface area contributed by atoms with Gasteiger partial charge in [0.25, 0.3) is 0 Å². The summed E-state index contributed by atoms with van der Waals surface area (Å²) in [5, 5.41) is 3.45. The van der Waals surface area contributed by atoms with Gasteiger partial charge in [-0.2, -0.15) is 0 Å². The predicted octanol–water partition coefficient (Wildman–Crippen LogP) is 2.83. The molecule has 0 aromatic carbocycles. The molecule has 1 aromatic rings. The first-order valence-electron chi connectivity index (χ1n) is 5.64. The van der Waals surface area contributed by atoms with Gasteiger partial charge in [-0.05, 0) is 37.9 Å². The molecule has 0 unspecified atom stereocenters. The van der Waals surface area contributed by atoms with Crippen LogP contribution >= 0.6 is 11.3 Å². The third kappa shape index (κ3) is 5.30. The summed E-state index contributed by atoms with van der Waals surface area (Å²) in [4.78, 5) is 2.92. The molecule has 15 heavy (non-hydrogen) atoms.